The zero-order chi connectivity index (χ0) is 15.7. The number of hydrogen-bond donors (Lipinski definition) is 1. The Morgan fingerprint density at radius 1 is 0.905 bits per heavy atom. The topological polar surface area (TPSA) is 46.2 Å². The third-order valence-electron chi connectivity index (χ3n) is 3.13. The van der Waals surface area contributed by atoms with Gasteiger partial charge < -0.3 is 0 Å². The molecule has 112 valence electrons. The minimum atomic E-state index is -3.59. The maximum absolute atomic E-state index is 12.2. The number of hydrogen-bond acceptors (Lipinski definition) is 2. The summed E-state index contributed by atoms with van der Waals surface area (Å²) >= 11 is 5.77. The minimum absolute atomic E-state index is 0.0353. The van der Waals surface area contributed by atoms with E-state index in [1.165, 1.54) is 12.1 Å². The van der Waals surface area contributed by atoms with Gasteiger partial charge in [0.1, 0.15) is 0 Å². The van der Waals surface area contributed by atoms with E-state index in [0.29, 0.717) is 10.7 Å². The Hall–Kier alpha value is -1.52. The molecular formula is C16H18ClNO2S. The van der Waals surface area contributed by atoms with Crippen molar-refractivity contribution < 1.29 is 8.42 Å². The molecule has 0 aliphatic carbocycles. The first kappa shape index (κ1) is 15.9. The monoisotopic (exact) mass is 323 g/mol. The van der Waals surface area contributed by atoms with Gasteiger partial charge in [0, 0.05) is 10.7 Å². The quantitative estimate of drug-likeness (QED) is 0.907. The maximum atomic E-state index is 12.2. The maximum Gasteiger partial charge on any atom is 0.261 e. The van der Waals surface area contributed by atoms with Crippen molar-refractivity contribution in [2.24, 2.45) is 0 Å². The van der Waals surface area contributed by atoms with Gasteiger partial charge >= 0.3 is 0 Å². The van der Waals surface area contributed by atoms with Crippen molar-refractivity contribution >= 4 is 27.3 Å². The van der Waals surface area contributed by atoms with Crippen LogP contribution >= 0.6 is 11.6 Å². The second-order valence-corrected chi connectivity index (χ2v) is 8.01. The Bertz CT molecular complexity index is 714. The Morgan fingerprint density at radius 3 is 1.90 bits per heavy atom. The molecule has 0 amide bonds. The largest absolute Gasteiger partial charge is 0.280 e. The van der Waals surface area contributed by atoms with Gasteiger partial charge in [-0.05, 0) is 47.4 Å². The predicted octanol–water partition coefficient (Wildman–Crippen LogP) is 4.44. The molecule has 0 radical (unpaired) electrons. The Labute approximate surface area is 131 Å². The fourth-order valence-corrected chi connectivity index (χ4v) is 3.05. The lowest BCUT2D eigenvalue weighted by atomic mass is 9.87. The molecule has 3 nitrogen and oxygen atoms in total. The molecule has 0 fully saturated rings. The minimum Gasteiger partial charge on any atom is -0.280 e. The van der Waals surface area contributed by atoms with Crippen LogP contribution in [0.25, 0.3) is 0 Å². The third-order valence-corrected chi connectivity index (χ3v) is 4.78. The number of halogens is 1. The summed E-state index contributed by atoms with van der Waals surface area (Å²) < 4.78 is 27.0. The first-order chi connectivity index (χ1) is 9.68. The van der Waals surface area contributed by atoms with Crippen molar-refractivity contribution in [2.75, 3.05) is 4.72 Å². The molecule has 0 aliphatic heterocycles. The second-order valence-electron chi connectivity index (χ2n) is 5.89. The van der Waals surface area contributed by atoms with E-state index in [9.17, 15) is 8.42 Å². The summed E-state index contributed by atoms with van der Waals surface area (Å²) in [6.07, 6.45) is 0. The van der Waals surface area contributed by atoms with E-state index in [2.05, 4.69) is 25.5 Å². The van der Waals surface area contributed by atoms with Crippen LogP contribution < -0.4 is 4.72 Å². The lowest BCUT2D eigenvalue weighted by Gasteiger charge is -2.19. The number of benzene rings is 2. The first-order valence-corrected chi connectivity index (χ1v) is 8.43. The molecule has 2 aromatic rings. The van der Waals surface area contributed by atoms with Crippen molar-refractivity contribution in [1.82, 2.24) is 0 Å². The van der Waals surface area contributed by atoms with Gasteiger partial charge in [0.25, 0.3) is 10.0 Å². The lowest BCUT2D eigenvalue weighted by molar-refractivity contribution is 0.590. The van der Waals surface area contributed by atoms with Gasteiger partial charge in [0.2, 0.25) is 0 Å². The smallest absolute Gasteiger partial charge is 0.261 e. The van der Waals surface area contributed by atoms with Crippen molar-refractivity contribution in [2.45, 2.75) is 31.1 Å². The average molecular weight is 324 g/mol. The van der Waals surface area contributed by atoms with Crippen LogP contribution in [-0.4, -0.2) is 8.42 Å². The summed E-state index contributed by atoms with van der Waals surface area (Å²) in [5.74, 6) is 0. The molecular weight excluding hydrogens is 306 g/mol. The molecule has 2 aromatic carbocycles. The zero-order valence-electron chi connectivity index (χ0n) is 12.2. The van der Waals surface area contributed by atoms with E-state index in [0.717, 1.165) is 5.56 Å². The predicted molar refractivity (Wildman–Crippen MR) is 87.4 cm³/mol. The first-order valence-electron chi connectivity index (χ1n) is 6.57. The highest BCUT2D eigenvalue weighted by atomic mass is 35.5. The fraction of sp³-hybridized carbons (Fsp3) is 0.250. The van der Waals surface area contributed by atoms with Gasteiger partial charge in [-0.3, -0.25) is 4.72 Å². The molecule has 5 heteroatoms. The molecule has 0 unspecified atom stereocenters. The molecule has 0 spiro atoms. The Balaban J connectivity index is 2.23. The van der Waals surface area contributed by atoms with Gasteiger partial charge in [0.05, 0.1) is 4.90 Å². The summed E-state index contributed by atoms with van der Waals surface area (Å²) in [5, 5.41) is 0.503. The standard InChI is InChI=1S/C16H18ClNO2S/c1-16(2,3)12-4-8-14(9-5-12)18-21(19,20)15-10-6-13(17)7-11-15/h4-11,18H,1-3H3. The van der Waals surface area contributed by atoms with Crippen LogP contribution in [0, 0.1) is 0 Å². The summed E-state index contributed by atoms with van der Waals surface area (Å²) in [7, 11) is -3.59. The highest BCUT2D eigenvalue weighted by Gasteiger charge is 2.16. The van der Waals surface area contributed by atoms with Gasteiger partial charge in [0.15, 0.2) is 0 Å². The van der Waals surface area contributed by atoms with Crippen LogP contribution in [-0.2, 0) is 15.4 Å². The van der Waals surface area contributed by atoms with Crippen molar-refractivity contribution in [1.29, 1.82) is 0 Å². The lowest BCUT2D eigenvalue weighted by Crippen LogP contribution is -2.14. The number of rotatable bonds is 3. The highest BCUT2D eigenvalue weighted by Crippen LogP contribution is 2.24. The SMILES string of the molecule is CC(C)(C)c1ccc(NS(=O)(=O)c2ccc(Cl)cc2)cc1. The summed E-state index contributed by atoms with van der Waals surface area (Å²) in [5.41, 5.74) is 1.73. The third kappa shape index (κ3) is 3.99. The Morgan fingerprint density at radius 2 is 1.43 bits per heavy atom. The van der Waals surface area contributed by atoms with E-state index in [1.54, 1.807) is 24.3 Å². The number of sulfonamides is 1. The molecule has 0 bridgehead atoms. The van der Waals surface area contributed by atoms with E-state index < -0.39 is 10.0 Å². The second kappa shape index (κ2) is 5.70. The van der Waals surface area contributed by atoms with Gasteiger partial charge in [-0.2, -0.15) is 0 Å². The van der Waals surface area contributed by atoms with Crippen molar-refractivity contribution in [3.8, 4) is 0 Å². The van der Waals surface area contributed by atoms with Crippen LogP contribution in [0.3, 0.4) is 0 Å². The van der Waals surface area contributed by atoms with Gasteiger partial charge in [-0.1, -0.05) is 44.5 Å². The van der Waals surface area contributed by atoms with Crippen LogP contribution in [0.5, 0.6) is 0 Å². The van der Waals surface area contributed by atoms with Crippen LogP contribution in [0.4, 0.5) is 5.69 Å². The Kier molecular flexibility index (Phi) is 4.30. The van der Waals surface area contributed by atoms with Crippen molar-refractivity contribution in [3.63, 3.8) is 0 Å². The van der Waals surface area contributed by atoms with E-state index in [-0.39, 0.29) is 10.3 Å². The summed E-state index contributed by atoms with van der Waals surface area (Å²) in [4.78, 5) is 0.187. The summed E-state index contributed by atoms with van der Waals surface area (Å²) in [6.45, 7) is 6.33. The van der Waals surface area contributed by atoms with Crippen LogP contribution in [0.15, 0.2) is 53.4 Å². The normalized spacial score (nSPS) is 12.2. The molecule has 0 saturated carbocycles. The summed E-state index contributed by atoms with van der Waals surface area (Å²) in [6, 6.07) is 13.5. The molecule has 0 aliphatic rings. The molecule has 21 heavy (non-hydrogen) atoms. The van der Waals surface area contributed by atoms with E-state index >= 15 is 0 Å². The molecule has 0 heterocycles. The molecule has 2 rings (SSSR count). The zero-order valence-corrected chi connectivity index (χ0v) is 13.8. The molecule has 0 aromatic heterocycles. The van der Waals surface area contributed by atoms with Gasteiger partial charge in [-0.15, -0.1) is 0 Å². The molecule has 1 N–H and O–H groups in total. The molecule has 0 atom stereocenters. The van der Waals surface area contributed by atoms with Gasteiger partial charge in [-0.25, -0.2) is 8.42 Å². The number of anilines is 1. The van der Waals surface area contributed by atoms with Crippen LogP contribution in [0.1, 0.15) is 26.3 Å². The highest BCUT2D eigenvalue weighted by molar-refractivity contribution is 7.92. The van der Waals surface area contributed by atoms with Crippen LogP contribution in [0.2, 0.25) is 5.02 Å². The van der Waals surface area contributed by atoms with Crippen molar-refractivity contribution in [3.05, 3.63) is 59.1 Å². The molecule has 0 saturated heterocycles. The average Bonchev–Trinajstić information content (AvgIpc) is 2.38. The number of nitrogens with one attached hydrogen (secondary N) is 1. The van der Waals surface area contributed by atoms with E-state index in [1.807, 2.05) is 12.1 Å². The van der Waals surface area contributed by atoms with E-state index in [4.69, 9.17) is 11.6 Å². The fourth-order valence-electron chi connectivity index (χ4n) is 1.87.